The number of fused-ring (bicyclic) bond motifs is 2. The van der Waals surface area contributed by atoms with Crippen molar-refractivity contribution >= 4 is 39.1 Å². The van der Waals surface area contributed by atoms with Crippen LogP contribution in [0.2, 0.25) is 0 Å². The van der Waals surface area contributed by atoms with Gasteiger partial charge in [-0.25, -0.2) is 4.98 Å². The van der Waals surface area contributed by atoms with Gasteiger partial charge in [0, 0.05) is 17.8 Å². The summed E-state index contributed by atoms with van der Waals surface area (Å²) in [4.78, 5) is 32.1. The summed E-state index contributed by atoms with van der Waals surface area (Å²) < 4.78 is 10.7. The number of hydrogen-bond donors (Lipinski definition) is 1. The molecule has 31 heavy (non-hydrogen) atoms. The molecule has 7 nitrogen and oxygen atoms in total. The van der Waals surface area contributed by atoms with Crippen molar-refractivity contribution in [3.05, 3.63) is 77.2 Å². The van der Waals surface area contributed by atoms with E-state index in [1.54, 1.807) is 11.0 Å². The average molecular weight is 433 g/mol. The summed E-state index contributed by atoms with van der Waals surface area (Å²) in [5.74, 6) is 0.333. The maximum atomic E-state index is 12.7. The number of carbonyl (C=O) groups excluding carboxylic acids is 2. The number of anilines is 1. The van der Waals surface area contributed by atoms with Crippen molar-refractivity contribution in [3.8, 4) is 5.75 Å². The van der Waals surface area contributed by atoms with E-state index in [4.69, 9.17) is 9.15 Å². The molecule has 5 rings (SSSR count). The van der Waals surface area contributed by atoms with Gasteiger partial charge in [-0.2, -0.15) is 0 Å². The minimum atomic E-state index is -0.267. The van der Waals surface area contributed by atoms with E-state index in [-0.39, 0.29) is 18.4 Å². The van der Waals surface area contributed by atoms with E-state index in [1.165, 1.54) is 23.9 Å². The monoisotopic (exact) mass is 433 g/mol. The summed E-state index contributed by atoms with van der Waals surface area (Å²) in [6.07, 6.45) is 3.49. The molecule has 0 bridgehead atoms. The van der Waals surface area contributed by atoms with Gasteiger partial charge >= 0.3 is 0 Å². The molecule has 2 amide bonds. The number of hydrogen-bond acceptors (Lipinski definition) is 6. The average Bonchev–Trinajstić information content (AvgIpc) is 3.46. The van der Waals surface area contributed by atoms with Gasteiger partial charge in [-0.3, -0.25) is 14.9 Å². The predicted molar refractivity (Wildman–Crippen MR) is 117 cm³/mol. The van der Waals surface area contributed by atoms with Crippen molar-refractivity contribution in [1.82, 2.24) is 9.88 Å². The smallest absolute Gasteiger partial charge is 0.260 e. The molecule has 2 aromatic carbocycles. The molecule has 0 radical (unpaired) electrons. The molecule has 3 heterocycles. The second-order valence-electron chi connectivity index (χ2n) is 7.22. The number of amides is 2. The number of nitrogens with zero attached hydrogens (tertiary/aromatic N) is 2. The predicted octanol–water partition coefficient (Wildman–Crippen LogP) is 4.11. The Hall–Kier alpha value is -3.65. The Bertz CT molecular complexity index is 1250. The highest BCUT2D eigenvalue weighted by molar-refractivity contribution is 7.15. The van der Waals surface area contributed by atoms with E-state index in [2.05, 4.69) is 10.3 Å². The van der Waals surface area contributed by atoms with Crippen LogP contribution in [-0.4, -0.2) is 34.8 Å². The lowest BCUT2D eigenvalue weighted by Gasteiger charge is -2.26. The van der Waals surface area contributed by atoms with Gasteiger partial charge in [0.2, 0.25) is 0 Å². The Kier molecular flexibility index (Phi) is 5.13. The number of furan rings is 1. The molecule has 2 aromatic heterocycles. The van der Waals surface area contributed by atoms with Crippen LogP contribution in [-0.2, 0) is 17.8 Å². The molecule has 4 aromatic rings. The summed E-state index contributed by atoms with van der Waals surface area (Å²) in [6.45, 7) is 1.02. The van der Waals surface area contributed by atoms with Gasteiger partial charge in [0.25, 0.3) is 11.8 Å². The van der Waals surface area contributed by atoms with Gasteiger partial charge in [0.15, 0.2) is 11.7 Å². The van der Waals surface area contributed by atoms with E-state index in [1.807, 2.05) is 42.5 Å². The third kappa shape index (κ3) is 4.15. The summed E-state index contributed by atoms with van der Waals surface area (Å²) in [5, 5.41) is 5.52. The van der Waals surface area contributed by atoms with Crippen LogP contribution in [0.25, 0.3) is 10.8 Å². The largest absolute Gasteiger partial charge is 0.484 e. The maximum absolute atomic E-state index is 12.7. The number of aromatic nitrogens is 1. The zero-order valence-corrected chi connectivity index (χ0v) is 17.4. The third-order valence-corrected chi connectivity index (χ3v) is 6.17. The van der Waals surface area contributed by atoms with Gasteiger partial charge < -0.3 is 14.1 Å². The molecule has 0 saturated carbocycles. The molecule has 1 aliphatic rings. The Morgan fingerprint density at radius 2 is 2.03 bits per heavy atom. The lowest BCUT2D eigenvalue weighted by atomic mass is 10.1. The molecule has 8 heteroatoms. The van der Waals surface area contributed by atoms with Crippen LogP contribution in [0.1, 0.15) is 20.9 Å². The fourth-order valence-corrected chi connectivity index (χ4v) is 4.54. The van der Waals surface area contributed by atoms with E-state index >= 15 is 0 Å². The fourth-order valence-electron chi connectivity index (χ4n) is 3.52. The van der Waals surface area contributed by atoms with Crippen molar-refractivity contribution in [2.75, 3.05) is 18.5 Å². The zero-order chi connectivity index (χ0) is 21.2. The van der Waals surface area contributed by atoms with Crippen LogP contribution in [0, 0.1) is 0 Å². The lowest BCUT2D eigenvalue weighted by molar-refractivity contribution is -0.134. The number of ether oxygens (including phenoxy) is 1. The van der Waals surface area contributed by atoms with Crippen molar-refractivity contribution in [3.63, 3.8) is 0 Å². The van der Waals surface area contributed by atoms with E-state index in [0.717, 1.165) is 21.3 Å². The van der Waals surface area contributed by atoms with Crippen molar-refractivity contribution in [2.45, 2.75) is 13.0 Å². The Morgan fingerprint density at radius 1 is 1.16 bits per heavy atom. The van der Waals surface area contributed by atoms with Crippen molar-refractivity contribution < 1.29 is 18.7 Å². The molecule has 0 aliphatic carbocycles. The van der Waals surface area contributed by atoms with Crippen LogP contribution >= 0.6 is 11.3 Å². The molecule has 0 unspecified atom stereocenters. The highest BCUT2D eigenvalue weighted by Crippen LogP contribution is 2.29. The first-order valence-electron chi connectivity index (χ1n) is 9.87. The maximum Gasteiger partial charge on any atom is 0.260 e. The van der Waals surface area contributed by atoms with Gasteiger partial charge in [0.05, 0.1) is 24.1 Å². The molecule has 156 valence electrons. The Labute approximate surface area is 182 Å². The minimum Gasteiger partial charge on any atom is -0.484 e. The second kappa shape index (κ2) is 8.23. The standard InChI is InChI=1S/C23H19N3O4S/c27-21(14-30-18-6-5-15-3-1-2-4-16(15)11-18)26-9-7-19-20(12-26)31-23(24-19)25-22(28)17-8-10-29-13-17/h1-6,8,10-11,13H,7,9,12,14H2,(H,24,25,28). The molecule has 0 fully saturated rings. The molecule has 0 atom stereocenters. The van der Waals surface area contributed by atoms with Crippen LogP contribution in [0.4, 0.5) is 5.13 Å². The summed E-state index contributed by atoms with van der Waals surface area (Å²) >= 11 is 1.39. The molecule has 0 saturated heterocycles. The van der Waals surface area contributed by atoms with Gasteiger partial charge in [-0.15, -0.1) is 0 Å². The first kappa shape index (κ1) is 19.3. The number of thiazole rings is 1. The van der Waals surface area contributed by atoms with Crippen LogP contribution in [0.3, 0.4) is 0 Å². The van der Waals surface area contributed by atoms with Crippen molar-refractivity contribution in [2.24, 2.45) is 0 Å². The second-order valence-corrected chi connectivity index (χ2v) is 8.30. The number of nitrogens with one attached hydrogen (secondary N) is 1. The highest BCUT2D eigenvalue weighted by atomic mass is 32.1. The first-order chi connectivity index (χ1) is 15.2. The van der Waals surface area contributed by atoms with Crippen LogP contribution in [0.15, 0.2) is 65.5 Å². The molecule has 1 aliphatic heterocycles. The van der Waals surface area contributed by atoms with Gasteiger partial charge in [-0.05, 0) is 29.0 Å². The van der Waals surface area contributed by atoms with Crippen molar-refractivity contribution in [1.29, 1.82) is 0 Å². The van der Waals surface area contributed by atoms with Gasteiger partial charge in [-0.1, -0.05) is 41.7 Å². The summed E-state index contributed by atoms with van der Waals surface area (Å²) in [7, 11) is 0. The van der Waals surface area contributed by atoms with E-state index in [0.29, 0.717) is 36.0 Å². The fraction of sp³-hybridized carbons (Fsp3) is 0.174. The van der Waals surface area contributed by atoms with E-state index in [9.17, 15) is 9.59 Å². The normalized spacial score (nSPS) is 13.1. The van der Waals surface area contributed by atoms with Gasteiger partial charge in [0.1, 0.15) is 12.0 Å². The topological polar surface area (TPSA) is 84.7 Å². The minimum absolute atomic E-state index is 0.0173. The molecule has 1 N–H and O–H groups in total. The SMILES string of the molecule is O=C(Nc1nc2c(s1)CN(C(=O)COc1ccc3ccccc3c1)CC2)c1ccoc1. The Balaban J connectivity index is 1.20. The number of benzene rings is 2. The lowest BCUT2D eigenvalue weighted by Crippen LogP contribution is -2.38. The quantitative estimate of drug-likeness (QED) is 0.512. The molecular weight excluding hydrogens is 414 g/mol. The number of carbonyl (C=O) groups is 2. The van der Waals surface area contributed by atoms with Crippen LogP contribution < -0.4 is 10.1 Å². The summed E-state index contributed by atoms with van der Waals surface area (Å²) in [6, 6.07) is 15.4. The molecular formula is C23H19N3O4S. The third-order valence-electron chi connectivity index (χ3n) is 5.17. The highest BCUT2D eigenvalue weighted by Gasteiger charge is 2.25. The van der Waals surface area contributed by atoms with Crippen LogP contribution in [0.5, 0.6) is 5.75 Å². The summed E-state index contributed by atoms with van der Waals surface area (Å²) in [5.41, 5.74) is 1.36. The number of rotatable bonds is 5. The molecule has 0 spiro atoms. The van der Waals surface area contributed by atoms with E-state index < -0.39 is 0 Å². The zero-order valence-electron chi connectivity index (χ0n) is 16.5. The first-order valence-corrected chi connectivity index (χ1v) is 10.7. The Morgan fingerprint density at radius 3 is 2.87 bits per heavy atom.